The lowest BCUT2D eigenvalue weighted by atomic mass is 9.91. The maximum Gasteiger partial charge on any atom is 0.315 e. The smallest absolute Gasteiger partial charge is 0.315 e. The molecule has 0 aliphatic heterocycles. The van der Waals surface area contributed by atoms with Gasteiger partial charge in [0.15, 0.2) is 5.13 Å². The Morgan fingerprint density at radius 3 is 3.06 bits per heavy atom. The summed E-state index contributed by atoms with van der Waals surface area (Å²) in [6.07, 6.45) is 2.88. The third kappa shape index (κ3) is 2.81. The highest BCUT2D eigenvalue weighted by Crippen LogP contribution is 2.37. The molecule has 1 heterocycles. The molecule has 1 N–H and O–H groups in total. The van der Waals surface area contributed by atoms with E-state index < -0.39 is 0 Å². The molecule has 0 saturated heterocycles. The Kier molecular flexibility index (Phi) is 4.19. The number of carbonyl (C=O) groups is 1. The van der Waals surface area contributed by atoms with Crippen molar-refractivity contribution >= 4 is 22.4 Å². The molecule has 1 unspecified atom stereocenters. The zero-order valence-corrected chi connectivity index (χ0v) is 11.8. The highest BCUT2D eigenvalue weighted by atomic mass is 32.1. The summed E-state index contributed by atoms with van der Waals surface area (Å²) in [5, 5.41) is 2.70. The van der Waals surface area contributed by atoms with Crippen LogP contribution in [0.25, 0.3) is 0 Å². The van der Waals surface area contributed by atoms with Crippen LogP contribution in [0.2, 0.25) is 0 Å². The fraction of sp³-hybridized carbons (Fsp3) is 0.667. The van der Waals surface area contributed by atoms with Crippen LogP contribution in [-0.2, 0) is 16.0 Å². The number of rotatable bonds is 4. The third-order valence-corrected chi connectivity index (χ3v) is 3.88. The minimum Gasteiger partial charge on any atom is -0.465 e. The highest BCUT2D eigenvalue weighted by molar-refractivity contribution is 7.15. The number of fused-ring (bicyclic) bond motifs is 1. The highest BCUT2D eigenvalue weighted by Gasteiger charge is 2.31. The van der Waals surface area contributed by atoms with Crippen molar-refractivity contribution in [3.05, 3.63) is 10.6 Å². The first kappa shape index (κ1) is 13.3. The number of carbonyl (C=O) groups excluding carboxylic acids is 1. The summed E-state index contributed by atoms with van der Waals surface area (Å²) in [4.78, 5) is 17.7. The van der Waals surface area contributed by atoms with Gasteiger partial charge in [-0.15, -0.1) is 11.3 Å². The van der Waals surface area contributed by atoms with Gasteiger partial charge in [-0.05, 0) is 26.2 Å². The molecule has 0 spiro atoms. The van der Waals surface area contributed by atoms with Crippen molar-refractivity contribution in [1.29, 1.82) is 0 Å². The summed E-state index contributed by atoms with van der Waals surface area (Å²) in [6, 6.07) is 0. The number of aryl methyl sites for hydroxylation is 1. The summed E-state index contributed by atoms with van der Waals surface area (Å²) in [6.45, 7) is 2.26. The Balaban J connectivity index is 2.20. The lowest BCUT2D eigenvalue weighted by Crippen LogP contribution is -2.21. The number of hydrogen-bond acceptors (Lipinski definition) is 6. The number of nitrogens with zero attached hydrogens (tertiary/aromatic N) is 2. The number of thiazole rings is 1. The van der Waals surface area contributed by atoms with E-state index >= 15 is 0 Å². The Morgan fingerprint density at radius 1 is 1.61 bits per heavy atom. The predicted octanol–water partition coefficient (Wildman–Crippen LogP) is 2.01. The molecule has 0 amide bonds. The SMILES string of the molecule is CCOC(=O)C1CCCc2sc(NN(C)C)nc21. The molecule has 0 fully saturated rings. The summed E-state index contributed by atoms with van der Waals surface area (Å²) >= 11 is 1.63. The summed E-state index contributed by atoms with van der Waals surface area (Å²) in [5.41, 5.74) is 4.05. The number of hydrogen-bond donors (Lipinski definition) is 1. The molecule has 6 heteroatoms. The largest absolute Gasteiger partial charge is 0.465 e. The van der Waals surface area contributed by atoms with Gasteiger partial charge in [-0.2, -0.15) is 0 Å². The summed E-state index contributed by atoms with van der Waals surface area (Å²) < 4.78 is 5.12. The molecule has 1 aliphatic carbocycles. The Hall–Kier alpha value is -1.14. The normalized spacial score (nSPS) is 18.6. The first-order chi connectivity index (χ1) is 8.61. The van der Waals surface area contributed by atoms with Crippen LogP contribution in [0.15, 0.2) is 0 Å². The van der Waals surface area contributed by atoms with Crippen molar-refractivity contribution in [2.24, 2.45) is 0 Å². The summed E-state index contributed by atoms with van der Waals surface area (Å²) in [5.74, 6) is -0.317. The molecular formula is C12H19N3O2S. The van der Waals surface area contributed by atoms with Crippen LogP contribution in [0, 0.1) is 0 Å². The van der Waals surface area contributed by atoms with E-state index in [0.717, 1.165) is 30.1 Å². The van der Waals surface area contributed by atoms with Crippen LogP contribution in [0.4, 0.5) is 5.13 Å². The van der Waals surface area contributed by atoms with Crippen LogP contribution in [0.5, 0.6) is 0 Å². The second-order valence-electron chi connectivity index (χ2n) is 4.53. The summed E-state index contributed by atoms with van der Waals surface area (Å²) in [7, 11) is 3.84. The zero-order chi connectivity index (χ0) is 13.1. The maximum atomic E-state index is 11.9. The number of aromatic nitrogens is 1. The Bertz CT molecular complexity index is 431. The Labute approximate surface area is 111 Å². The molecule has 0 bridgehead atoms. The van der Waals surface area contributed by atoms with Crippen molar-refractivity contribution in [3.8, 4) is 0 Å². The predicted molar refractivity (Wildman–Crippen MR) is 71.7 cm³/mol. The van der Waals surface area contributed by atoms with Gasteiger partial charge in [0.2, 0.25) is 0 Å². The van der Waals surface area contributed by atoms with Crippen molar-refractivity contribution in [1.82, 2.24) is 9.99 Å². The number of anilines is 1. The topological polar surface area (TPSA) is 54.5 Å². The quantitative estimate of drug-likeness (QED) is 0.669. The molecule has 1 aromatic rings. The van der Waals surface area contributed by atoms with Crippen LogP contribution in [-0.4, -0.2) is 36.7 Å². The molecule has 0 radical (unpaired) electrons. The number of nitrogens with one attached hydrogen (secondary N) is 1. The van der Waals surface area contributed by atoms with E-state index in [9.17, 15) is 4.79 Å². The fourth-order valence-corrected chi connectivity index (χ4v) is 3.27. The van der Waals surface area contributed by atoms with Gasteiger partial charge in [0.1, 0.15) is 5.92 Å². The van der Waals surface area contributed by atoms with E-state index in [1.165, 1.54) is 4.88 Å². The van der Waals surface area contributed by atoms with E-state index in [-0.39, 0.29) is 11.9 Å². The lowest BCUT2D eigenvalue weighted by molar-refractivity contribution is -0.145. The van der Waals surface area contributed by atoms with Crippen molar-refractivity contribution < 1.29 is 9.53 Å². The number of esters is 1. The number of ether oxygens (including phenoxy) is 1. The number of hydrazine groups is 1. The van der Waals surface area contributed by atoms with Gasteiger partial charge >= 0.3 is 5.97 Å². The van der Waals surface area contributed by atoms with Crippen molar-refractivity contribution in [3.63, 3.8) is 0 Å². The van der Waals surface area contributed by atoms with E-state index in [1.807, 2.05) is 26.0 Å². The molecule has 18 heavy (non-hydrogen) atoms. The monoisotopic (exact) mass is 269 g/mol. The van der Waals surface area contributed by atoms with Gasteiger partial charge in [0.25, 0.3) is 0 Å². The Morgan fingerprint density at radius 2 is 2.39 bits per heavy atom. The first-order valence-electron chi connectivity index (χ1n) is 6.22. The standard InChI is InChI=1S/C12H19N3O2S/c1-4-17-11(16)8-6-5-7-9-10(8)13-12(18-9)14-15(2)3/h8H,4-7H2,1-3H3,(H,13,14). The molecule has 0 saturated carbocycles. The molecular weight excluding hydrogens is 250 g/mol. The van der Waals surface area contributed by atoms with Crippen LogP contribution in [0.3, 0.4) is 0 Å². The van der Waals surface area contributed by atoms with E-state index in [4.69, 9.17) is 4.74 Å². The molecule has 5 nitrogen and oxygen atoms in total. The molecule has 1 aromatic heterocycles. The molecule has 100 valence electrons. The van der Waals surface area contributed by atoms with Crippen LogP contribution in [0.1, 0.15) is 36.3 Å². The van der Waals surface area contributed by atoms with Gasteiger partial charge < -0.3 is 4.74 Å². The molecule has 1 atom stereocenters. The van der Waals surface area contributed by atoms with Gasteiger partial charge in [0, 0.05) is 19.0 Å². The van der Waals surface area contributed by atoms with Crippen LogP contribution < -0.4 is 5.43 Å². The first-order valence-corrected chi connectivity index (χ1v) is 7.03. The third-order valence-electron chi connectivity index (χ3n) is 2.84. The fourth-order valence-electron chi connectivity index (χ4n) is 2.13. The van der Waals surface area contributed by atoms with Crippen molar-refractivity contribution in [2.45, 2.75) is 32.1 Å². The average molecular weight is 269 g/mol. The lowest BCUT2D eigenvalue weighted by Gasteiger charge is -2.19. The van der Waals surface area contributed by atoms with Gasteiger partial charge in [-0.25, -0.2) is 9.99 Å². The van der Waals surface area contributed by atoms with Gasteiger partial charge in [-0.1, -0.05) is 0 Å². The van der Waals surface area contributed by atoms with Crippen molar-refractivity contribution in [2.75, 3.05) is 26.1 Å². The molecule has 1 aliphatic rings. The zero-order valence-electron chi connectivity index (χ0n) is 11.0. The maximum absolute atomic E-state index is 11.9. The van der Waals surface area contributed by atoms with E-state index in [1.54, 1.807) is 11.3 Å². The second kappa shape index (κ2) is 5.67. The van der Waals surface area contributed by atoms with Gasteiger partial charge in [0.05, 0.1) is 12.3 Å². The minimum atomic E-state index is -0.178. The van der Waals surface area contributed by atoms with E-state index in [0.29, 0.717) is 6.61 Å². The minimum absolute atomic E-state index is 0.139. The second-order valence-corrected chi connectivity index (χ2v) is 5.61. The van der Waals surface area contributed by atoms with Crippen LogP contribution >= 0.6 is 11.3 Å². The van der Waals surface area contributed by atoms with Gasteiger partial charge in [-0.3, -0.25) is 10.2 Å². The average Bonchev–Trinajstić information content (AvgIpc) is 2.69. The van der Waals surface area contributed by atoms with E-state index in [2.05, 4.69) is 10.4 Å². The molecule has 2 rings (SSSR count). The molecule has 0 aromatic carbocycles.